The Balaban J connectivity index is 2.05. The summed E-state index contributed by atoms with van der Waals surface area (Å²) in [5.41, 5.74) is 0. The Morgan fingerprint density at radius 1 is 1.50 bits per heavy atom. The molecule has 0 radical (unpaired) electrons. The van der Waals surface area contributed by atoms with Crippen LogP contribution in [0.1, 0.15) is 45.4 Å². The van der Waals surface area contributed by atoms with Gasteiger partial charge in [0.2, 0.25) is 0 Å². The van der Waals surface area contributed by atoms with Crippen LogP contribution in [-0.4, -0.2) is 17.5 Å². The maximum atomic E-state index is 5.60. The number of alkyl halides is 1. The largest absolute Gasteiger partial charge is 0.377 e. The summed E-state index contributed by atoms with van der Waals surface area (Å²) in [5.74, 6) is 0. The fraction of sp³-hybridized carbons (Fsp3) is 1.00. The molecule has 1 aliphatic rings. The third-order valence-corrected chi connectivity index (χ3v) is 3.50. The van der Waals surface area contributed by atoms with Crippen molar-refractivity contribution in [3.63, 3.8) is 0 Å². The first-order valence-corrected chi connectivity index (χ1v) is 6.02. The van der Waals surface area contributed by atoms with Gasteiger partial charge in [0.15, 0.2) is 0 Å². The average Bonchev–Trinajstić information content (AvgIpc) is 2.56. The van der Waals surface area contributed by atoms with Crippen molar-refractivity contribution in [1.29, 1.82) is 0 Å². The maximum Gasteiger partial charge on any atom is 0.0700 e. The molecule has 0 saturated carbocycles. The predicted octanol–water partition coefficient (Wildman–Crippen LogP) is 3.51. The summed E-state index contributed by atoms with van der Waals surface area (Å²) < 4.78 is 5.60. The summed E-state index contributed by atoms with van der Waals surface area (Å²) in [6.45, 7) is 3.22. The lowest BCUT2D eigenvalue weighted by Crippen LogP contribution is -2.19. The normalized spacial score (nSPS) is 26.0. The number of halogens is 1. The Bertz CT molecular complexity index is 110. The second-order valence-electron chi connectivity index (χ2n) is 3.56. The molecule has 0 spiro atoms. The minimum atomic E-state index is 0.502. The summed E-state index contributed by atoms with van der Waals surface area (Å²) in [4.78, 5) is 0.603. The first-order valence-electron chi connectivity index (χ1n) is 5.10. The van der Waals surface area contributed by atoms with Crippen LogP contribution in [0.4, 0.5) is 0 Å². The standard InChI is InChI=1S/C10H19BrO/c1-2-3-4-6-9(11)10-7-5-8-12-10/h9-10H,2-8H2,1H3/t9-,10-/m1/s1. The van der Waals surface area contributed by atoms with Crippen molar-refractivity contribution in [1.82, 2.24) is 0 Å². The van der Waals surface area contributed by atoms with E-state index in [-0.39, 0.29) is 0 Å². The number of hydrogen-bond donors (Lipinski definition) is 0. The van der Waals surface area contributed by atoms with Gasteiger partial charge in [-0.15, -0.1) is 0 Å². The summed E-state index contributed by atoms with van der Waals surface area (Å²) >= 11 is 3.71. The maximum absolute atomic E-state index is 5.60. The van der Waals surface area contributed by atoms with Crippen LogP contribution in [0, 0.1) is 0 Å². The van der Waals surface area contributed by atoms with Crippen molar-refractivity contribution >= 4 is 15.9 Å². The van der Waals surface area contributed by atoms with Gasteiger partial charge < -0.3 is 4.74 Å². The molecule has 0 N–H and O–H groups in total. The summed E-state index contributed by atoms with van der Waals surface area (Å²) in [5, 5.41) is 0. The third kappa shape index (κ3) is 3.44. The highest BCUT2D eigenvalue weighted by Crippen LogP contribution is 2.24. The van der Waals surface area contributed by atoms with Crippen molar-refractivity contribution in [3.8, 4) is 0 Å². The van der Waals surface area contributed by atoms with Gasteiger partial charge in [-0.1, -0.05) is 42.1 Å². The van der Waals surface area contributed by atoms with Crippen molar-refractivity contribution in [3.05, 3.63) is 0 Å². The molecule has 0 bridgehead atoms. The van der Waals surface area contributed by atoms with Crippen LogP contribution in [0.2, 0.25) is 0 Å². The lowest BCUT2D eigenvalue weighted by atomic mass is 10.1. The molecule has 1 rings (SSSR count). The number of ether oxygens (including phenoxy) is 1. The van der Waals surface area contributed by atoms with Gasteiger partial charge in [0.05, 0.1) is 6.10 Å². The Morgan fingerprint density at radius 3 is 2.92 bits per heavy atom. The molecule has 0 aliphatic carbocycles. The summed E-state index contributed by atoms with van der Waals surface area (Å²) in [6.07, 6.45) is 8.29. The quantitative estimate of drug-likeness (QED) is 0.523. The fourth-order valence-corrected chi connectivity index (χ4v) is 2.40. The van der Waals surface area contributed by atoms with Crippen LogP contribution in [0.15, 0.2) is 0 Å². The van der Waals surface area contributed by atoms with Crippen molar-refractivity contribution in [2.75, 3.05) is 6.61 Å². The minimum absolute atomic E-state index is 0.502. The van der Waals surface area contributed by atoms with Gasteiger partial charge in [0.1, 0.15) is 0 Å². The lowest BCUT2D eigenvalue weighted by Gasteiger charge is -2.16. The zero-order valence-corrected chi connectivity index (χ0v) is 9.48. The summed E-state index contributed by atoms with van der Waals surface area (Å²) in [7, 11) is 0. The van der Waals surface area contributed by atoms with Crippen LogP contribution in [0.25, 0.3) is 0 Å². The molecule has 0 aromatic heterocycles. The molecule has 0 amide bonds. The third-order valence-electron chi connectivity index (χ3n) is 2.45. The summed E-state index contributed by atoms with van der Waals surface area (Å²) in [6, 6.07) is 0. The van der Waals surface area contributed by atoms with Gasteiger partial charge in [-0.25, -0.2) is 0 Å². The van der Waals surface area contributed by atoms with E-state index < -0.39 is 0 Å². The second-order valence-corrected chi connectivity index (χ2v) is 4.74. The van der Waals surface area contributed by atoms with Gasteiger partial charge in [-0.3, -0.25) is 0 Å². The molecule has 0 unspecified atom stereocenters. The van der Waals surface area contributed by atoms with Crippen molar-refractivity contribution in [2.45, 2.75) is 56.4 Å². The van der Waals surface area contributed by atoms with Crippen LogP contribution in [0.3, 0.4) is 0 Å². The van der Waals surface area contributed by atoms with Gasteiger partial charge in [0, 0.05) is 11.4 Å². The van der Waals surface area contributed by atoms with Crippen LogP contribution < -0.4 is 0 Å². The van der Waals surface area contributed by atoms with Crippen LogP contribution in [-0.2, 0) is 4.74 Å². The van der Waals surface area contributed by atoms with Crippen molar-refractivity contribution < 1.29 is 4.74 Å². The van der Waals surface area contributed by atoms with E-state index in [1.807, 2.05) is 0 Å². The topological polar surface area (TPSA) is 9.23 Å². The molecular formula is C10H19BrO. The monoisotopic (exact) mass is 234 g/mol. The molecule has 2 heteroatoms. The smallest absolute Gasteiger partial charge is 0.0700 e. The molecule has 12 heavy (non-hydrogen) atoms. The van der Waals surface area contributed by atoms with E-state index in [0.29, 0.717) is 10.9 Å². The Labute approximate surface area is 84.0 Å². The lowest BCUT2D eigenvalue weighted by molar-refractivity contribution is 0.108. The zero-order valence-electron chi connectivity index (χ0n) is 7.89. The molecule has 1 saturated heterocycles. The van der Waals surface area contributed by atoms with Crippen LogP contribution >= 0.6 is 15.9 Å². The minimum Gasteiger partial charge on any atom is -0.377 e. The van der Waals surface area contributed by atoms with E-state index in [2.05, 4.69) is 22.9 Å². The van der Waals surface area contributed by atoms with E-state index in [0.717, 1.165) is 6.61 Å². The van der Waals surface area contributed by atoms with Gasteiger partial charge in [-0.2, -0.15) is 0 Å². The molecule has 1 heterocycles. The number of rotatable bonds is 5. The molecule has 0 aromatic carbocycles. The van der Waals surface area contributed by atoms with Crippen molar-refractivity contribution in [2.24, 2.45) is 0 Å². The first kappa shape index (κ1) is 10.5. The van der Waals surface area contributed by atoms with E-state index in [1.165, 1.54) is 38.5 Å². The van der Waals surface area contributed by atoms with E-state index >= 15 is 0 Å². The highest BCUT2D eigenvalue weighted by molar-refractivity contribution is 9.09. The predicted molar refractivity (Wildman–Crippen MR) is 55.8 cm³/mol. The van der Waals surface area contributed by atoms with Gasteiger partial charge in [0.25, 0.3) is 0 Å². The number of unbranched alkanes of at least 4 members (excludes halogenated alkanes) is 2. The zero-order chi connectivity index (χ0) is 8.81. The van der Waals surface area contributed by atoms with E-state index in [9.17, 15) is 0 Å². The molecule has 1 aliphatic heterocycles. The molecule has 2 atom stereocenters. The highest BCUT2D eigenvalue weighted by Gasteiger charge is 2.22. The molecule has 1 fully saturated rings. The highest BCUT2D eigenvalue weighted by atomic mass is 79.9. The molecule has 0 aromatic rings. The van der Waals surface area contributed by atoms with E-state index in [1.54, 1.807) is 0 Å². The van der Waals surface area contributed by atoms with Gasteiger partial charge in [-0.05, 0) is 19.3 Å². The van der Waals surface area contributed by atoms with Gasteiger partial charge >= 0.3 is 0 Å². The van der Waals surface area contributed by atoms with E-state index in [4.69, 9.17) is 4.74 Å². The second kappa shape index (κ2) is 5.98. The Morgan fingerprint density at radius 2 is 2.33 bits per heavy atom. The van der Waals surface area contributed by atoms with Crippen LogP contribution in [0.5, 0.6) is 0 Å². The average molecular weight is 235 g/mol. The molecular weight excluding hydrogens is 216 g/mol. The Kier molecular flexibility index (Phi) is 5.24. The number of hydrogen-bond acceptors (Lipinski definition) is 1. The molecule has 1 nitrogen and oxygen atoms in total. The first-order chi connectivity index (χ1) is 5.84. The Hall–Kier alpha value is 0.440. The molecule has 72 valence electrons. The fourth-order valence-electron chi connectivity index (χ4n) is 1.66. The SMILES string of the molecule is CCCCC[C@@H](Br)[C@H]1CCCO1.